The average molecular weight is 571 g/mol. The molecule has 4 atom stereocenters. The fraction of sp³-hybridized carbons (Fsp3) is 0.300. The van der Waals surface area contributed by atoms with Crippen LogP contribution in [0.4, 0.5) is 0 Å². The Kier molecular flexibility index (Phi) is 5.16. The number of hydroxylamine groups is 4. The van der Waals surface area contributed by atoms with Crippen LogP contribution in [-0.2, 0) is 48.0 Å². The Balaban J connectivity index is 1.30. The summed E-state index contributed by atoms with van der Waals surface area (Å²) in [6.45, 7) is 0. The van der Waals surface area contributed by atoms with E-state index in [2.05, 4.69) is 0 Å². The first-order valence-corrected chi connectivity index (χ1v) is 15.0. The molecule has 2 aliphatic heterocycles. The molecule has 2 aromatic heterocycles. The van der Waals surface area contributed by atoms with Gasteiger partial charge in [0.25, 0.3) is 23.6 Å². The van der Waals surface area contributed by atoms with Crippen LogP contribution in [0, 0.1) is 35.5 Å². The highest BCUT2D eigenvalue weighted by molar-refractivity contribution is 7.89. The van der Waals surface area contributed by atoms with Crippen molar-refractivity contribution in [3.8, 4) is 0 Å². The topological polar surface area (TPSA) is 161 Å². The lowest BCUT2D eigenvalue weighted by Gasteiger charge is -2.44. The van der Waals surface area contributed by atoms with Gasteiger partial charge in [-0.2, -0.15) is 16.8 Å². The zero-order valence-corrected chi connectivity index (χ0v) is 21.0. The fourth-order valence-electron chi connectivity index (χ4n) is 5.40. The maximum absolute atomic E-state index is 13.2. The van der Waals surface area contributed by atoms with E-state index in [9.17, 15) is 36.0 Å². The van der Waals surface area contributed by atoms with Crippen molar-refractivity contribution in [1.82, 2.24) is 10.1 Å². The van der Waals surface area contributed by atoms with Crippen molar-refractivity contribution in [2.45, 2.75) is 8.42 Å². The predicted octanol–water partition coefficient (Wildman–Crippen LogP) is 0.769. The SMILES string of the molecule is O=C1C2C3C=CC(C2C(=O)N1OS(=O)(=O)c1cccs1)C1C(=O)N(OS(=O)(=O)c2cccs2)C(=O)C31. The summed E-state index contributed by atoms with van der Waals surface area (Å²) in [7, 11) is -8.92. The first-order chi connectivity index (χ1) is 17.0. The van der Waals surface area contributed by atoms with Gasteiger partial charge in [0.15, 0.2) is 0 Å². The first-order valence-electron chi connectivity index (χ1n) is 10.4. The molecule has 36 heavy (non-hydrogen) atoms. The van der Waals surface area contributed by atoms with Crippen molar-refractivity contribution >= 4 is 66.5 Å². The van der Waals surface area contributed by atoms with Gasteiger partial charge in [-0.3, -0.25) is 19.2 Å². The van der Waals surface area contributed by atoms with Gasteiger partial charge in [-0.05, 0) is 22.9 Å². The van der Waals surface area contributed by atoms with Gasteiger partial charge in [0.1, 0.15) is 8.42 Å². The maximum Gasteiger partial charge on any atom is 0.327 e. The third-order valence-electron chi connectivity index (χ3n) is 6.76. The number of amides is 4. The molecule has 188 valence electrons. The lowest BCUT2D eigenvalue weighted by molar-refractivity contribution is -0.166. The molecule has 0 radical (unpaired) electrons. The lowest BCUT2D eigenvalue weighted by Crippen LogP contribution is -2.50. The molecule has 2 aromatic rings. The minimum absolute atomic E-state index is 0.197. The summed E-state index contributed by atoms with van der Waals surface area (Å²) >= 11 is 1.68. The van der Waals surface area contributed by atoms with Crippen LogP contribution in [0.15, 0.2) is 55.6 Å². The van der Waals surface area contributed by atoms with E-state index < -0.39 is 79.4 Å². The highest BCUT2D eigenvalue weighted by atomic mass is 32.3. The molecular formula is C20H14N2O10S4. The molecule has 0 spiro atoms. The third kappa shape index (κ3) is 3.22. The lowest BCUT2D eigenvalue weighted by atomic mass is 9.54. The van der Waals surface area contributed by atoms with Crippen molar-refractivity contribution in [2.75, 3.05) is 0 Å². The number of imide groups is 2. The molecule has 2 bridgehead atoms. The Morgan fingerprint density at radius 2 is 0.944 bits per heavy atom. The summed E-state index contributed by atoms with van der Waals surface area (Å²) < 4.78 is 59.5. The van der Waals surface area contributed by atoms with E-state index in [-0.39, 0.29) is 18.5 Å². The maximum atomic E-state index is 13.2. The zero-order chi connectivity index (χ0) is 25.6. The van der Waals surface area contributed by atoms with Gasteiger partial charge in [-0.1, -0.05) is 24.3 Å². The van der Waals surface area contributed by atoms with E-state index in [1.54, 1.807) is 0 Å². The summed E-state index contributed by atoms with van der Waals surface area (Å²) in [6.07, 6.45) is 3.05. The summed E-state index contributed by atoms with van der Waals surface area (Å²) in [5, 5.41) is 3.36. The second-order valence-electron chi connectivity index (χ2n) is 8.51. The van der Waals surface area contributed by atoms with Crippen LogP contribution in [0.1, 0.15) is 0 Å². The third-order valence-corrected chi connectivity index (χ3v) is 11.8. The largest absolute Gasteiger partial charge is 0.327 e. The second kappa shape index (κ2) is 7.87. The summed E-state index contributed by atoms with van der Waals surface area (Å²) in [4.78, 5) is 52.7. The molecule has 3 fully saturated rings. The van der Waals surface area contributed by atoms with E-state index in [4.69, 9.17) is 8.57 Å². The van der Waals surface area contributed by atoms with Gasteiger partial charge >= 0.3 is 20.2 Å². The van der Waals surface area contributed by atoms with Crippen LogP contribution in [0.25, 0.3) is 0 Å². The highest BCUT2D eigenvalue weighted by Gasteiger charge is 2.70. The van der Waals surface area contributed by atoms with Gasteiger partial charge in [-0.15, -0.1) is 41.4 Å². The van der Waals surface area contributed by atoms with Crippen molar-refractivity contribution in [3.63, 3.8) is 0 Å². The van der Waals surface area contributed by atoms with Crippen LogP contribution in [-0.4, -0.2) is 50.6 Å². The Labute approximate surface area is 211 Å². The van der Waals surface area contributed by atoms with E-state index in [0.29, 0.717) is 0 Å². The van der Waals surface area contributed by atoms with Crippen LogP contribution in [0.3, 0.4) is 0 Å². The minimum Gasteiger partial charge on any atom is -0.272 e. The smallest absolute Gasteiger partial charge is 0.272 e. The molecule has 2 saturated heterocycles. The minimum atomic E-state index is -4.46. The highest BCUT2D eigenvalue weighted by Crippen LogP contribution is 2.58. The first kappa shape index (κ1) is 23.6. The number of carbonyl (C=O) groups excluding carboxylic acids is 4. The summed E-state index contributed by atoms with van der Waals surface area (Å²) in [6, 6.07) is 5.43. The van der Waals surface area contributed by atoms with Crippen molar-refractivity contribution in [1.29, 1.82) is 0 Å². The average Bonchev–Trinajstić information content (AvgIpc) is 3.64. The van der Waals surface area contributed by atoms with Crippen molar-refractivity contribution in [3.05, 3.63) is 47.2 Å². The molecule has 0 N–H and O–H groups in total. The summed E-state index contributed by atoms with van der Waals surface area (Å²) in [5.74, 6) is -10.3. The molecule has 3 aliphatic carbocycles. The van der Waals surface area contributed by atoms with Crippen molar-refractivity contribution in [2.24, 2.45) is 35.5 Å². The number of hydrogen-bond acceptors (Lipinski definition) is 12. The van der Waals surface area contributed by atoms with E-state index in [1.165, 1.54) is 47.2 Å². The molecule has 12 nitrogen and oxygen atoms in total. The van der Waals surface area contributed by atoms with Gasteiger partial charge in [0.05, 0.1) is 23.7 Å². The number of allylic oxidation sites excluding steroid dienone is 2. The molecule has 4 heterocycles. The van der Waals surface area contributed by atoms with Crippen molar-refractivity contribution < 1.29 is 44.6 Å². The Morgan fingerprint density at radius 1 is 0.611 bits per heavy atom. The van der Waals surface area contributed by atoms with Gasteiger partial charge in [-0.25, -0.2) is 0 Å². The van der Waals surface area contributed by atoms with E-state index >= 15 is 0 Å². The molecule has 4 amide bonds. The molecule has 16 heteroatoms. The molecule has 5 aliphatic rings. The van der Waals surface area contributed by atoms with Crippen LogP contribution >= 0.6 is 22.7 Å². The Morgan fingerprint density at radius 3 is 1.22 bits per heavy atom. The zero-order valence-electron chi connectivity index (χ0n) is 17.7. The number of rotatable bonds is 6. The molecule has 1 saturated carbocycles. The Hall–Kier alpha value is -2.76. The fourth-order valence-corrected chi connectivity index (χ4v) is 9.08. The predicted molar refractivity (Wildman–Crippen MR) is 119 cm³/mol. The quantitative estimate of drug-likeness (QED) is 0.358. The Bertz CT molecular complexity index is 1380. The molecular weight excluding hydrogens is 556 g/mol. The van der Waals surface area contributed by atoms with Crippen LogP contribution in [0.5, 0.6) is 0 Å². The van der Waals surface area contributed by atoms with Gasteiger partial charge in [0.2, 0.25) is 0 Å². The second-order valence-corrected chi connectivity index (χ2v) is 13.9. The van der Waals surface area contributed by atoms with Gasteiger partial charge < -0.3 is 0 Å². The van der Waals surface area contributed by atoms with E-state index in [0.717, 1.165) is 22.7 Å². The molecule has 0 aromatic carbocycles. The standard InChI is InChI=1S/C20H14N2O10S4/c23-17-13-9-5-6-10(14(13)18(24)21(17)31-35(27,28)11-3-1-7-33-11)16-15(9)19(25)22(20(16)26)32-36(29,30)12-4-2-8-34-12/h1-10,13-16H. The molecule has 7 rings (SSSR count). The monoisotopic (exact) mass is 570 g/mol. The van der Waals surface area contributed by atoms with Crippen LogP contribution in [0.2, 0.25) is 0 Å². The normalized spacial score (nSPS) is 31.4. The van der Waals surface area contributed by atoms with Gasteiger partial charge in [0, 0.05) is 11.8 Å². The van der Waals surface area contributed by atoms with E-state index in [1.807, 2.05) is 0 Å². The number of nitrogens with zero attached hydrogens (tertiary/aromatic N) is 2. The van der Waals surface area contributed by atoms with Crippen LogP contribution < -0.4 is 0 Å². The number of carbonyl (C=O) groups is 4. The number of hydrogen-bond donors (Lipinski definition) is 0. The summed E-state index contributed by atoms with van der Waals surface area (Å²) in [5.41, 5.74) is 0. The number of thiophene rings is 2. The molecule has 4 unspecified atom stereocenters.